The van der Waals surface area contributed by atoms with Gasteiger partial charge < -0.3 is 20.3 Å². The van der Waals surface area contributed by atoms with Crippen LogP contribution < -0.4 is 10.6 Å². The van der Waals surface area contributed by atoms with Gasteiger partial charge in [-0.15, -0.1) is 0 Å². The Hall–Kier alpha value is -3.35. The van der Waals surface area contributed by atoms with Gasteiger partial charge >= 0.3 is 6.09 Å². The van der Waals surface area contributed by atoms with E-state index in [1.165, 1.54) is 6.42 Å². The van der Waals surface area contributed by atoms with Crippen molar-refractivity contribution in [3.8, 4) is 0 Å². The number of nitrogens with zero attached hydrogens (tertiary/aromatic N) is 1. The van der Waals surface area contributed by atoms with Crippen molar-refractivity contribution in [2.24, 2.45) is 5.92 Å². The molecule has 0 aliphatic rings. The molecule has 0 bridgehead atoms. The molecule has 2 aromatic rings. The number of rotatable bonds is 15. The minimum Gasteiger partial charge on any atom is -0.444 e. The third-order valence-corrected chi connectivity index (χ3v) is 7.87. The number of para-hydroxylation sites is 1. The first-order valence-electron chi connectivity index (χ1n) is 16.0. The number of amides is 3. The number of hydrogen-bond donors (Lipinski definition) is 2. The van der Waals surface area contributed by atoms with Gasteiger partial charge in [-0.25, -0.2) is 4.79 Å². The molecule has 0 fully saturated rings. The number of nitrogens with one attached hydrogen (secondary N) is 2. The molecular formula is C36H55N3O4. The predicted molar refractivity (Wildman–Crippen MR) is 176 cm³/mol. The zero-order valence-corrected chi connectivity index (χ0v) is 28.0. The fourth-order valence-electron chi connectivity index (χ4n) is 5.15. The number of aryl methyl sites for hydroxylation is 3. The van der Waals surface area contributed by atoms with Crippen molar-refractivity contribution < 1.29 is 19.1 Å². The first-order chi connectivity index (χ1) is 20.3. The average molecular weight is 594 g/mol. The monoisotopic (exact) mass is 593 g/mol. The molecule has 0 saturated heterocycles. The van der Waals surface area contributed by atoms with Gasteiger partial charge in [0, 0.05) is 12.2 Å². The summed E-state index contributed by atoms with van der Waals surface area (Å²) >= 11 is 0. The van der Waals surface area contributed by atoms with E-state index in [2.05, 4.69) is 17.6 Å². The van der Waals surface area contributed by atoms with Gasteiger partial charge in [-0.1, -0.05) is 107 Å². The van der Waals surface area contributed by atoms with Gasteiger partial charge in [0.2, 0.25) is 5.91 Å². The molecule has 0 radical (unpaired) electrons. The molecule has 0 heterocycles. The van der Waals surface area contributed by atoms with Crippen molar-refractivity contribution in [3.63, 3.8) is 0 Å². The summed E-state index contributed by atoms with van der Waals surface area (Å²) in [5.74, 6) is -0.732. The molecule has 0 aromatic heterocycles. The number of carbonyl (C=O) groups excluding carboxylic acids is 3. The van der Waals surface area contributed by atoms with E-state index >= 15 is 0 Å². The van der Waals surface area contributed by atoms with E-state index in [4.69, 9.17) is 4.74 Å². The zero-order chi connectivity index (χ0) is 32.2. The molecule has 238 valence electrons. The zero-order valence-electron chi connectivity index (χ0n) is 28.0. The van der Waals surface area contributed by atoms with E-state index in [0.29, 0.717) is 13.0 Å². The normalized spacial score (nSPS) is 13.5. The van der Waals surface area contributed by atoms with E-state index < -0.39 is 23.8 Å². The number of anilines is 1. The molecule has 3 amide bonds. The topological polar surface area (TPSA) is 87.7 Å². The fraction of sp³-hybridized carbons (Fsp3) is 0.583. The summed E-state index contributed by atoms with van der Waals surface area (Å²) in [6.07, 6.45) is 6.30. The van der Waals surface area contributed by atoms with Crippen LogP contribution in [-0.4, -0.2) is 41.0 Å². The molecule has 2 N–H and O–H groups in total. The second kappa shape index (κ2) is 17.1. The predicted octanol–water partition coefficient (Wildman–Crippen LogP) is 8.42. The minimum absolute atomic E-state index is 0.174. The van der Waals surface area contributed by atoms with Gasteiger partial charge in [0.25, 0.3) is 5.91 Å². The number of hydrogen-bond acceptors (Lipinski definition) is 4. The van der Waals surface area contributed by atoms with Crippen LogP contribution in [0.5, 0.6) is 0 Å². The lowest BCUT2D eigenvalue weighted by atomic mass is 9.95. The van der Waals surface area contributed by atoms with Gasteiger partial charge in [0.05, 0.1) is 0 Å². The number of carbonyl (C=O) groups is 3. The summed E-state index contributed by atoms with van der Waals surface area (Å²) in [6, 6.07) is 11.9. The highest BCUT2D eigenvalue weighted by Crippen LogP contribution is 2.29. The molecule has 2 rings (SSSR count). The summed E-state index contributed by atoms with van der Waals surface area (Å²) in [7, 11) is 0. The molecule has 0 aliphatic carbocycles. The van der Waals surface area contributed by atoms with E-state index in [-0.39, 0.29) is 17.7 Å². The molecule has 0 spiro atoms. The maximum atomic E-state index is 14.6. The van der Waals surface area contributed by atoms with Gasteiger partial charge in [0.1, 0.15) is 17.7 Å². The first-order valence-corrected chi connectivity index (χ1v) is 16.0. The van der Waals surface area contributed by atoms with Crippen LogP contribution in [0.4, 0.5) is 10.5 Å². The largest absolute Gasteiger partial charge is 0.444 e. The molecular weight excluding hydrogens is 538 g/mol. The van der Waals surface area contributed by atoms with Crippen LogP contribution in [0, 0.1) is 26.7 Å². The standard InChI is InChI=1S/C36H55N3O4/c1-10-12-13-14-15-16-24-39(34(41)31(26(4)11-2)38-35(42)43-36(7,8)9)32(29-22-20-25(3)21-23-29)33(40)37-30-27(5)18-17-19-28(30)6/h17-23,26,31-32H,10-16,24H2,1-9H3,(H,37,40)(H,38,42). The molecule has 0 saturated carbocycles. The Kier molecular flexibility index (Phi) is 14.2. The Morgan fingerprint density at radius 2 is 1.44 bits per heavy atom. The van der Waals surface area contributed by atoms with Crippen molar-refractivity contribution in [3.05, 3.63) is 64.7 Å². The van der Waals surface area contributed by atoms with Gasteiger partial charge in [-0.3, -0.25) is 9.59 Å². The minimum atomic E-state index is -0.880. The lowest BCUT2D eigenvalue weighted by Crippen LogP contribution is -2.55. The van der Waals surface area contributed by atoms with Gasteiger partial charge in [-0.05, 0) is 70.6 Å². The molecule has 43 heavy (non-hydrogen) atoms. The SMILES string of the molecule is CCCCCCCCN(C(=O)C(NC(=O)OC(C)(C)C)C(C)CC)C(C(=O)Nc1c(C)cccc1C)c1ccc(C)cc1. The van der Waals surface area contributed by atoms with E-state index in [0.717, 1.165) is 60.0 Å². The highest BCUT2D eigenvalue weighted by molar-refractivity contribution is 6.00. The number of unbranched alkanes of at least 4 members (excludes halogenated alkanes) is 5. The third kappa shape index (κ3) is 11.3. The van der Waals surface area contributed by atoms with Gasteiger partial charge in [-0.2, -0.15) is 0 Å². The van der Waals surface area contributed by atoms with Crippen LogP contribution >= 0.6 is 0 Å². The molecule has 7 heteroatoms. The summed E-state index contributed by atoms with van der Waals surface area (Å²) in [6.45, 7) is 17.8. The second-order valence-corrected chi connectivity index (χ2v) is 12.9. The van der Waals surface area contributed by atoms with Crippen LogP contribution in [-0.2, 0) is 14.3 Å². The quantitative estimate of drug-likeness (QED) is 0.203. The van der Waals surface area contributed by atoms with Crippen molar-refractivity contribution in [2.75, 3.05) is 11.9 Å². The Bertz CT molecular complexity index is 1170. The van der Waals surface area contributed by atoms with Crippen molar-refractivity contribution in [1.29, 1.82) is 0 Å². The highest BCUT2D eigenvalue weighted by Gasteiger charge is 2.38. The molecule has 3 atom stereocenters. The summed E-state index contributed by atoms with van der Waals surface area (Å²) in [5.41, 5.74) is 3.75. The highest BCUT2D eigenvalue weighted by atomic mass is 16.6. The van der Waals surface area contributed by atoms with Crippen molar-refractivity contribution in [2.45, 2.75) is 125 Å². The first kappa shape index (κ1) is 35.8. The number of ether oxygens (including phenoxy) is 1. The van der Waals surface area contributed by atoms with Crippen molar-refractivity contribution in [1.82, 2.24) is 10.2 Å². The molecule has 7 nitrogen and oxygen atoms in total. The molecule has 3 unspecified atom stereocenters. The van der Waals surface area contributed by atoms with Crippen LogP contribution in [0.3, 0.4) is 0 Å². The van der Waals surface area contributed by atoms with Gasteiger partial charge in [0.15, 0.2) is 0 Å². The summed E-state index contributed by atoms with van der Waals surface area (Å²) in [5, 5.41) is 6.02. The maximum Gasteiger partial charge on any atom is 0.408 e. The fourth-order valence-corrected chi connectivity index (χ4v) is 5.15. The van der Waals surface area contributed by atoms with E-state index in [9.17, 15) is 14.4 Å². The third-order valence-electron chi connectivity index (χ3n) is 7.87. The lowest BCUT2D eigenvalue weighted by molar-refractivity contribution is -0.142. The van der Waals surface area contributed by atoms with Crippen molar-refractivity contribution >= 4 is 23.6 Å². The number of benzene rings is 2. The molecule has 2 aromatic carbocycles. The Morgan fingerprint density at radius 3 is 2.00 bits per heavy atom. The maximum absolute atomic E-state index is 14.6. The van der Waals surface area contributed by atoms with E-state index in [1.807, 2.05) is 77.1 Å². The smallest absolute Gasteiger partial charge is 0.408 e. The van der Waals surface area contributed by atoms with E-state index in [1.54, 1.807) is 25.7 Å². The Labute approximate surface area is 260 Å². The lowest BCUT2D eigenvalue weighted by Gasteiger charge is -2.36. The number of alkyl carbamates (subject to hydrolysis) is 1. The second-order valence-electron chi connectivity index (χ2n) is 12.9. The van der Waals surface area contributed by atoms with Crippen LogP contribution in [0.1, 0.15) is 115 Å². The van der Waals surface area contributed by atoms with Crippen LogP contribution in [0.2, 0.25) is 0 Å². The summed E-state index contributed by atoms with van der Waals surface area (Å²) in [4.78, 5) is 43.4. The van der Waals surface area contributed by atoms with Crippen LogP contribution in [0.15, 0.2) is 42.5 Å². The Morgan fingerprint density at radius 1 is 0.860 bits per heavy atom. The molecule has 0 aliphatic heterocycles. The Balaban J connectivity index is 2.56. The summed E-state index contributed by atoms with van der Waals surface area (Å²) < 4.78 is 5.54. The average Bonchev–Trinajstić information content (AvgIpc) is 2.94. The van der Waals surface area contributed by atoms with Crippen LogP contribution in [0.25, 0.3) is 0 Å².